The third-order valence-electron chi connectivity index (χ3n) is 3.50. The van der Waals surface area contributed by atoms with Crippen LogP contribution in [-0.2, 0) is 11.2 Å². The highest BCUT2D eigenvalue weighted by Gasteiger charge is 2.34. The van der Waals surface area contributed by atoms with Gasteiger partial charge in [0.25, 0.3) is 0 Å². The lowest BCUT2D eigenvalue weighted by molar-refractivity contribution is -0.122. The molecule has 0 heterocycles. The second-order valence-corrected chi connectivity index (χ2v) is 5.84. The molecule has 1 amide bonds. The molecule has 1 aliphatic carbocycles. The van der Waals surface area contributed by atoms with E-state index in [-0.39, 0.29) is 12.3 Å². The van der Waals surface area contributed by atoms with Gasteiger partial charge in [-0.05, 0) is 43.0 Å². The van der Waals surface area contributed by atoms with Gasteiger partial charge in [-0.15, -0.1) is 0 Å². The molecule has 0 aromatic heterocycles. The highest BCUT2D eigenvalue weighted by Crippen LogP contribution is 2.30. The van der Waals surface area contributed by atoms with Crippen molar-refractivity contribution < 1.29 is 14.6 Å². The first-order valence-electron chi connectivity index (χ1n) is 6.34. The molecular formula is C14H18BrNO3. The largest absolute Gasteiger partial charge is 0.497 e. The van der Waals surface area contributed by atoms with E-state index in [0.717, 1.165) is 35.0 Å². The fourth-order valence-corrected chi connectivity index (χ4v) is 2.46. The summed E-state index contributed by atoms with van der Waals surface area (Å²) >= 11 is 3.42. The second-order valence-electron chi connectivity index (χ2n) is 4.99. The zero-order chi connectivity index (χ0) is 13.9. The van der Waals surface area contributed by atoms with Crippen molar-refractivity contribution in [1.29, 1.82) is 0 Å². The molecule has 5 heteroatoms. The van der Waals surface area contributed by atoms with E-state index >= 15 is 0 Å². The molecule has 0 atom stereocenters. The van der Waals surface area contributed by atoms with E-state index in [1.54, 1.807) is 7.11 Å². The Morgan fingerprint density at radius 3 is 2.84 bits per heavy atom. The average Bonchev–Trinajstić information content (AvgIpc) is 2.37. The van der Waals surface area contributed by atoms with Gasteiger partial charge in [0.1, 0.15) is 5.75 Å². The maximum atomic E-state index is 11.9. The molecule has 1 fully saturated rings. The summed E-state index contributed by atoms with van der Waals surface area (Å²) in [6.07, 6.45) is 2.86. The number of nitrogens with one attached hydrogen (secondary N) is 1. The van der Waals surface area contributed by atoms with Crippen LogP contribution in [0.25, 0.3) is 0 Å². The van der Waals surface area contributed by atoms with Crippen LogP contribution < -0.4 is 10.1 Å². The van der Waals surface area contributed by atoms with E-state index in [9.17, 15) is 9.90 Å². The lowest BCUT2D eigenvalue weighted by Gasteiger charge is -2.36. The van der Waals surface area contributed by atoms with Crippen LogP contribution in [0.2, 0.25) is 0 Å². The van der Waals surface area contributed by atoms with Gasteiger partial charge in [0.05, 0.1) is 19.1 Å². The summed E-state index contributed by atoms with van der Waals surface area (Å²) in [4.78, 5) is 11.9. The zero-order valence-electron chi connectivity index (χ0n) is 10.9. The van der Waals surface area contributed by atoms with Crippen molar-refractivity contribution in [1.82, 2.24) is 5.32 Å². The summed E-state index contributed by atoms with van der Waals surface area (Å²) in [5, 5.41) is 12.7. The number of aliphatic hydroxyl groups is 1. The number of carbonyl (C=O) groups excluding carboxylic acids is 1. The highest BCUT2D eigenvalue weighted by molar-refractivity contribution is 9.10. The Bertz CT molecular complexity index is 472. The molecule has 1 saturated carbocycles. The van der Waals surface area contributed by atoms with E-state index in [1.807, 2.05) is 18.2 Å². The number of hydrogen-bond donors (Lipinski definition) is 2. The number of rotatable bonds is 5. The standard InChI is InChI=1S/C14H18BrNO3/c1-19-11-3-4-12(15)10(7-11)8-13(17)16-9-14(18)5-2-6-14/h3-4,7,18H,2,5-6,8-9H2,1H3,(H,16,17). The van der Waals surface area contributed by atoms with Crippen LogP contribution in [-0.4, -0.2) is 30.3 Å². The first-order valence-corrected chi connectivity index (χ1v) is 7.13. The maximum Gasteiger partial charge on any atom is 0.224 e. The molecule has 2 N–H and O–H groups in total. The van der Waals surface area contributed by atoms with Crippen molar-refractivity contribution >= 4 is 21.8 Å². The molecule has 1 aliphatic rings. The van der Waals surface area contributed by atoms with E-state index in [2.05, 4.69) is 21.2 Å². The normalized spacial score (nSPS) is 16.6. The van der Waals surface area contributed by atoms with Crippen molar-refractivity contribution in [3.05, 3.63) is 28.2 Å². The van der Waals surface area contributed by atoms with E-state index < -0.39 is 5.60 Å². The zero-order valence-corrected chi connectivity index (χ0v) is 12.5. The van der Waals surface area contributed by atoms with Gasteiger partial charge in [-0.3, -0.25) is 4.79 Å². The summed E-state index contributed by atoms with van der Waals surface area (Å²) in [6, 6.07) is 5.53. The second kappa shape index (κ2) is 5.92. The number of hydrogen-bond acceptors (Lipinski definition) is 3. The van der Waals surface area contributed by atoms with Crippen molar-refractivity contribution in [2.45, 2.75) is 31.3 Å². The minimum Gasteiger partial charge on any atom is -0.497 e. The summed E-state index contributed by atoms with van der Waals surface area (Å²) in [5.41, 5.74) is 0.193. The molecule has 19 heavy (non-hydrogen) atoms. The third-order valence-corrected chi connectivity index (χ3v) is 4.28. The lowest BCUT2D eigenvalue weighted by atomic mass is 9.80. The van der Waals surface area contributed by atoms with Crippen LogP contribution in [0.4, 0.5) is 0 Å². The van der Waals surface area contributed by atoms with Gasteiger partial charge < -0.3 is 15.2 Å². The molecule has 1 aromatic rings. The Hall–Kier alpha value is -1.07. The molecule has 0 spiro atoms. The average molecular weight is 328 g/mol. The van der Waals surface area contributed by atoms with Crippen molar-refractivity contribution in [2.24, 2.45) is 0 Å². The number of methoxy groups -OCH3 is 1. The Kier molecular flexibility index (Phi) is 4.47. The van der Waals surface area contributed by atoms with Gasteiger partial charge in [0.15, 0.2) is 0 Å². The number of amides is 1. The molecule has 1 aromatic carbocycles. The fourth-order valence-electron chi connectivity index (χ4n) is 2.07. The minimum absolute atomic E-state index is 0.0886. The Morgan fingerprint density at radius 1 is 1.53 bits per heavy atom. The highest BCUT2D eigenvalue weighted by atomic mass is 79.9. The van der Waals surface area contributed by atoms with Crippen LogP contribution in [0.15, 0.2) is 22.7 Å². The first-order chi connectivity index (χ1) is 9.02. The van der Waals surface area contributed by atoms with Gasteiger partial charge in [-0.25, -0.2) is 0 Å². The van der Waals surface area contributed by atoms with Crippen LogP contribution in [0.1, 0.15) is 24.8 Å². The SMILES string of the molecule is COc1ccc(Br)c(CC(=O)NCC2(O)CCC2)c1. The molecule has 104 valence electrons. The topological polar surface area (TPSA) is 58.6 Å². The number of ether oxygens (including phenoxy) is 1. The number of carbonyl (C=O) groups is 1. The molecule has 0 bridgehead atoms. The lowest BCUT2D eigenvalue weighted by Crippen LogP contribution is -2.48. The third kappa shape index (κ3) is 3.70. The van der Waals surface area contributed by atoms with Gasteiger partial charge in [-0.2, -0.15) is 0 Å². The quantitative estimate of drug-likeness (QED) is 0.870. The van der Waals surface area contributed by atoms with Crippen LogP contribution >= 0.6 is 15.9 Å². The van der Waals surface area contributed by atoms with Crippen LogP contribution in [0.5, 0.6) is 5.75 Å². The first kappa shape index (κ1) is 14.3. The minimum atomic E-state index is -0.679. The van der Waals surface area contributed by atoms with Crippen molar-refractivity contribution in [3.63, 3.8) is 0 Å². The van der Waals surface area contributed by atoms with Gasteiger partial charge in [0, 0.05) is 11.0 Å². The molecule has 0 unspecified atom stereocenters. The van der Waals surface area contributed by atoms with Crippen molar-refractivity contribution in [2.75, 3.05) is 13.7 Å². The van der Waals surface area contributed by atoms with Crippen molar-refractivity contribution in [3.8, 4) is 5.75 Å². The monoisotopic (exact) mass is 327 g/mol. The van der Waals surface area contributed by atoms with E-state index in [4.69, 9.17) is 4.74 Å². The van der Waals surface area contributed by atoms with Crippen LogP contribution in [0.3, 0.4) is 0 Å². The maximum absolute atomic E-state index is 11.9. The van der Waals surface area contributed by atoms with E-state index in [1.165, 1.54) is 0 Å². The molecule has 4 nitrogen and oxygen atoms in total. The number of benzene rings is 1. The Labute approximate surface area is 121 Å². The summed E-state index contributed by atoms with van der Waals surface area (Å²) in [6.45, 7) is 0.341. The summed E-state index contributed by atoms with van der Waals surface area (Å²) in [5.74, 6) is 0.637. The predicted molar refractivity (Wildman–Crippen MR) is 76.2 cm³/mol. The summed E-state index contributed by atoms with van der Waals surface area (Å²) < 4.78 is 6.02. The smallest absolute Gasteiger partial charge is 0.224 e. The molecule has 2 rings (SSSR count). The van der Waals surface area contributed by atoms with Gasteiger partial charge in [-0.1, -0.05) is 15.9 Å². The Balaban J connectivity index is 1.91. The summed E-state index contributed by atoms with van der Waals surface area (Å²) in [7, 11) is 1.60. The van der Waals surface area contributed by atoms with Gasteiger partial charge in [0.2, 0.25) is 5.91 Å². The number of halogens is 1. The van der Waals surface area contributed by atoms with E-state index in [0.29, 0.717) is 6.54 Å². The molecule has 0 saturated heterocycles. The van der Waals surface area contributed by atoms with Crippen LogP contribution in [0, 0.1) is 0 Å². The molecule has 0 radical (unpaired) electrons. The molecule has 0 aliphatic heterocycles. The van der Waals surface area contributed by atoms with Gasteiger partial charge >= 0.3 is 0 Å². The fraction of sp³-hybridized carbons (Fsp3) is 0.500. The Morgan fingerprint density at radius 2 is 2.26 bits per heavy atom. The predicted octanol–water partition coefficient (Wildman–Crippen LogP) is 2.03. The molecular weight excluding hydrogens is 310 g/mol.